The quantitative estimate of drug-likeness (QED) is 0.271. The van der Waals surface area contributed by atoms with Crippen LogP contribution in [0.2, 0.25) is 0 Å². The van der Waals surface area contributed by atoms with Crippen molar-refractivity contribution >= 4 is 21.8 Å². The third-order valence-electron chi connectivity index (χ3n) is 8.26. The molecule has 0 fully saturated rings. The van der Waals surface area contributed by atoms with Gasteiger partial charge in [-0.15, -0.1) is 0 Å². The fraction of sp³-hybridized carbons (Fsp3) is 0.143. The molecule has 7 rings (SSSR count). The zero-order valence-corrected chi connectivity index (χ0v) is 21.3. The van der Waals surface area contributed by atoms with Gasteiger partial charge in [-0.2, -0.15) is 0 Å². The first-order valence-electron chi connectivity index (χ1n) is 13.1. The highest BCUT2D eigenvalue weighted by Gasteiger charge is 2.37. The Balaban J connectivity index is 1.43. The van der Waals surface area contributed by atoms with Crippen LogP contribution < -0.4 is 5.73 Å². The fourth-order valence-corrected chi connectivity index (χ4v) is 6.37. The second-order valence-corrected chi connectivity index (χ2v) is 10.8. The molecule has 1 aliphatic carbocycles. The van der Waals surface area contributed by atoms with Crippen LogP contribution in [0.4, 0.5) is 0 Å². The Morgan fingerprint density at radius 2 is 1.38 bits per heavy atom. The van der Waals surface area contributed by atoms with Crippen LogP contribution >= 0.6 is 0 Å². The standard InChI is InChI=1S/C35H30N2/c1-35(2)29-14-8-6-13-28(29)33-30(35)21-20-27-26-12-7-9-15-32(26)37(34(27)33)25-18-16-24(17-19-25)31(36)22-23-10-4-3-5-11-23/h3-21,31H,22,36H2,1-2H3/t31-/m1/s1. The van der Waals surface area contributed by atoms with Crippen molar-refractivity contribution in [2.24, 2.45) is 5.73 Å². The SMILES string of the molecule is CC1(C)c2ccccc2-c2c1ccc1c3ccccc3n(-c3ccc([C@H](N)Cc4ccccc4)cc3)c21. The van der Waals surface area contributed by atoms with Crippen LogP contribution in [-0.4, -0.2) is 4.57 Å². The summed E-state index contributed by atoms with van der Waals surface area (Å²) in [7, 11) is 0. The van der Waals surface area contributed by atoms with Crippen LogP contribution in [0.15, 0.2) is 115 Å². The Morgan fingerprint density at radius 3 is 2.19 bits per heavy atom. The maximum atomic E-state index is 6.63. The van der Waals surface area contributed by atoms with E-state index in [0.29, 0.717) is 0 Å². The Bertz CT molecular complexity index is 1770. The molecule has 1 heterocycles. The van der Waals surface area contributed by atoms with Crippen molar-refractivity contribution < 1.29 is 0 Å². The lowest BCUT2D eigenvalue weighted by molar-refractivity contribution is 0.661. The summed E-state index contributed by atoms with van der Waals surface area (Å²) >= 11 is 0. The lowest BCUT2D eigenvalue weighted by Gasteiger charge is -2.21. The molecule has 2 heteroatoms. The number of aromatic nitrogens is 1. The van der Waals surface area contributed by atoms with Gasteiger partial charge in [-0.05, 0) is 52.4 Å². The highest BCUT2D eigenvalue weighted by molar-refractivity contribution is 6.15. The summed E-state index contributed by atoms with van der Waals surface area (Å²) in [6.07, 6.45) is 0.828. The normalized spacial score (nSPS) is 14.6. The Kier molecular flexibility index (Phi) is 4.89. The predicted molar refractivity (Wildman–Crippen MR) is 155 cm³/mol. The first kappa shape index (κ1) is 22.1. The number of para-hydroxylation sites is 1. The zero-order valence-electron chi connectivity index (χ0n) is 21.3. The van der Waals surface area contributed by atoms with E-state index in [1.807, 2.05) is 6.07 Å². The zero-order chi connectivity index (χ0) is 25.1. The Labute approximate surface area is 218 Å². The molecular formula is C35H30N2. The average molecular weight is 479 g/mol. The third-order valence-corrected chi connectivity index (χ3v) is 8.26. The van der Waals surface area contributed by atoms with Gasteiger partial charge in [0.1, 0.15) is 0 Å². The van der Waals surface area contributed by atoms with Crippen molar-refractivity contribution in [2.75, 3.05) is 0 Å². The summed E-state index contributed by atoms with van der Waals surface area (Å²) in [6.45, 7) is 4.69. The van der Waals surface area contributed by atoms with E-state index in [-0.39, 0.29) is 11.5 Å². The van der Waals surface area contributed by atoms with Crippen LogP contribution in [0, 0.1) is 0 Å². The summed E-state index contributed by atoms with van der Waals surface area (Å²) in [5.74, 6) is 0. The number of rotatable bonds is 4. The molecule has 0 radical (unpaired) electrons. The third kappa shape index (κ3) is 3.29. The second kappa shape index (κ2) is 8.19. The average Bonchev–Trinajstić information content (AvgIpc) is 3.39. The molecule has 180 valence electrons. The topological polar surface area (TPSA) is 30.9 Å². The highest BCUT2D eigenvalue weighted by atomic mass is 15.0. The van der Waals surface area contributed by atoms with Crippen LogP contribution in [-0.2, 0) is 11.8 Å². The van der Waals surface area contributed by atoms with Crippen molar-refractivity contribution in [2.45, 2.75) is 31.7 Å². The molecule has 6 aromatic rings. The molecule has 0 amide bonds. The molecule has 0 bridgehead atoms. The molecule has 0 unspecified atom stereocenters. The van der Waals surface area contributed by atoms with Gasteiger partial charge in [-0.3, -0.25) is 0 Å². The minimum Gasteiger partial charge on any atom is -0.324 e. The maximum absolute atomic E-state index is 6.63. The monoisotopic (exact) mass is 478 g/mol. The van der Waals surface area contributed by atoms with E-state index < -0.39 is 0 Å². The fourth-order valence-electron chi connectivity index (χ4n) is 6.37. The van der Waals surface area contributed by atoms with Crippen LogP contribution in [0.1, 0.15) is 42.1 Å². The molecule has 1 aliphatic rings. The molecule has 0 spiro atoms. The van der Waals surface area contributed by atoms with Gasteiger partial charge in [0.2, 0.25) is 0 Å². The summed E-state index contributed by atoms with van der Waals surface area (Å²) in [5.41, 5.74) is 18.2. The van der Waals surface area contributed by atoms with Crippen LogP contribution in [0.5, 0.6) is 0 Å². The maximum Gasteiger partial charge on any atom is 0.0622 e. The largest absolute Gasteiger partial charge is 0.324 e. The van der Waals surface area contributed by atoms with E-state index in [0.717, 1.165) is 17.7 Å². The summed E-state index contributed by atoms with van der Waals surface area (Å²) in [5, 5.41) is 2.58. The van der Waals surface area contributed by atoms with Crippen LogP contribution in [0.3, 0.4) is 0 Å². The van der Waals surface area contributed by atoms with Crippen molar-refractivity contribution in [3.8, 4) is 16.8 Å². The van der Waals surface area contributed by atoms with E-state index in [1.165, 1.54) is 49.6 Å². The van der Waals surface area contributed by atoms with E-state index in [9.17, 15) is 0 Å². The molecule has 37 heavy (non-hydrogen) atoms. The van der Waals surface area contributed by atoms with E-state index in [2.05, 4.69) is 128 Å². The number of hydrogen-bond acceptors (Lipinski definition) is 1. The van der Waals surface area contributed by atoms with Crippen LogP contribution in [0.25, 0.3) is 38.6 Å². The molecule has 0 aliphatic heterocycles. The highest BCUT2D eigenvalue weighted by Crippen LogP contribution is 2.52. The van der Waals surface area contributed by atoms with Crippen molar-refractivity contribution in [1.29, 1.82) is 0 Å². The van der Waals surface area contributed by atoms with Gasteiger partial charge in [0, 0.05) is 33.5 Å². The number of fused-ring (bicyclic) bond motifs is 7. The lowest BCUT2D eigenvalue weighted by atomic mass is 9.82. The number of nitrogens with zero attached hydrogens (tertiary/aromatic N) is 1. The lowest BCUT2D eigenvalue weighted by Crippen LogP contribution is -2.14. The van der Waals surface area contributed by atoms with Gasteiger partial charge in [0.25, 0.3) is 0 Å². The summed E-state index contributed by atoms with van der Waals surface area (Å²) in [6, 6.07) is 41.7. The molecule has 0 saturated carbocycles. The summed E-state index contributed by atoms with van der Waals surface area (Å²) < 4.78 is 2.45. The van der Waals surface area contributed by atoms with E-state index in [1.54, 1.807) is 0 Å². The van der Waals surface area contributed by atoms with Gasteiger partial charge >= 0.3 is 0 Å². The number of nitrogens with two attached hydrogens (primary N) is 1. The van der Waals surface area contributed by atoms with Crippen molar-refractivity contribution in [1.82, 2.24) is 4.57 Å². The molecule has 1 aromatic heterocycles. The minimum absolute atomic E-state index is 0.0323. The molecular weight excluding hydrogens is 448 g/mol. The summed E-state index contributed by atoms with van der Waals surface area (Å²) in [4.78, 5) is 0. The second-order valence-electron chi connectivity index (χ2n) is 10.8. The molecule has 2 N–H and O–H groups in total. The number of benzene rings is 5. The van der Waals surface area contributed by atoms with Gasteiger partial charge in [-0.25, -0.2) is 0 Å². The molecule has 1 atom stereocenters. The van der Waals surface area contributed by atoms with Crippen molar-refractivity contribution in [3.05, 3.63) is 138 Å². The predicted octanol–water partition coefficient (Wildman–Crippen LogP) is 8.33. The van der Waals surface area contributed by atoms with Gasteiger partial charge < -0.3 is 10.3 Å². The number of hydrogen-bond donors (Lipinski definition) is 1. The Hall–Kier alpha value is -4.14. The smallest absolute Gasteiger partial charge is 0.0622 e. The Morgan fingerprint density at radius 1 is 0.676 bits per heavy atom. The van der Waals surface area contributed by atoms with Crippen molar-refractivity contribution in [3.63, 3.8) is 0 Å². The minimum atomic E-state index is -0.0356. The molecule has 2 nitrogen and oxygen atoms in total. The van der Waals surface area contributed by atoms with E-state index >= 15 is 0 Å². The van der Waals surface area contributed by atoms with Gasteiger partial charge in [-0.1, -0.05) is 111 Å². The first-order valence-corrected chi connectivity index (χ1v) is 13.1. The van der Waals surface area contributed by atoms with E-state index in [4.69, 9.17) is 5.73 Å². The van der Waals surface area contributed by atoms with Gasteiger partial charge in [0.15, 0.2) is 0 Å². The van der Waals surface area contributed by atoms with Gasteiger partial charge in [0.05, 0.1) is 11.0 Å². The molecule has 0 saturated heterocycles. The molecule has 5 aromatic carbocycles. The first-order chi connectivity index (χ1) is 18.0.